The van der Waals surface area contributed by atoms with Crippen molar-refractivity contribution in [2.75, 3.05) is 26.2 Å². The maximum Gasteiger partial charge on any atom is 0.407 e. The van der Waals surface area contributed by atoms with Gasteiger partial charge in [0.2, 0.25) is 0 Å². The van der Waals surface area contributed by atoms with Gasteiger partial charge in [0.25, 0.3) is 5.91 Å². The van der Waals surface area contributed by atoms with Gasteiger partial charge < -0.3 is 15.0 Å². The van der Waals surface area contributed by atoms with E-state index in [4.69, 9.17) is 4.74 Å². The summed E-state index contributed by atoms with van der Waals surface area (Å²) in [6.45, 7) is 9.32. The van der Waals surface area contributed by atoms with Gasteiger partial charge in [-0.25, -0.2) is 4.79 Å². The Morgan fingerprint density at radius 1 is 1.05 bits per heavy atom. The van der Waals surface area contributed by atoms with Crippen LogP contribution in [0.2, 0.25) is 0 Å². The Balaban J connectivity index is 1.15. The topological polar surface area (TPSA) is 61.9 Å². The monoisotopic (exact) mass is 541 g/mol. The van der Waals surface area contributed by atoms with Gasteiger partial charge in [-0.1, -0.05) is 42.5 Å². The molecule has 7 rings (SSSR count). The number of amides is 2. The number of fused-ring (bicyclic) bond motifs is 1. The van der Waals surface area contributed by atoms with Crippen LogP contribution >= 0.6 is 0 Å². The minimum atomic E-state index is -0.477. The largest absolute Gasteiger partial charge is 0.444 e. The number of benzene rings is 2. The van der Waals surface area contributed by atoms with E-state index in [2.05, 4.69) is 39.4 Å². The van der Waals surface area contributed by atoms with Crippen LogP contribution in [-0.2, 0) is 16.6 Å². The summed E-state index contributed by atoms with van der Waals surface area (Å²) < 4.78 is 5.43. The number of nitrogens with one attached hydrogen (secondary N) is 1. The van der Waals surface area contributed by atoms with Gasteiger partial charge in [0.1, 0.15) is 5.60 Å². The average Bonchev–Trinajstić information content (AvgIpc) is 3.37. The van der Waals surface area contributed by atoms with Gasteiger partial charge in [0.15, 0.2) is 0 Å². The van der Waals surface area contributed by atoms with Gasteiger partial charge in [0.05, 0.1) is 0 Å². The predicted octanol–water partition coefficient (Wildman–Crippen LogP) is 5.41. The van der Waals surface area contributed by atoms with Crippen molar-refractivity contribution in [2.24, 2.45) is 17.3 Å². The maximum absolute atomic E-state index is 13.7. The second-order valence-electron chi connectivity index (χ2n) is 14.0. The van der Waals surface area contributed by atoms with Crippen LogP contribution in [0.4, 0.5) is 4.79 Å². The maximum atomic E-state index is 13.7. The summed E-state index contributed by atoms with van der Waals surface area (Å²) in [7, 11) is 0. The highest BCUT2D eigenvalue weighted by atomic mass is 16.6. The highest BCUT2D eigenvalue weighted by molar-refractivity contribution is 5.94. The van der Waals surface area contributed by atoms with Crippen molar-refractivity contribution in [1.29, 1.82) is 0 Å². The van der Waals surface area contributed by atoms with Crippen LogP contribution < -0.4 is 5.32 Å². The fourth-order valence-electron chi connectivity index (χ4n) is 10.1. The Labute approximate surface area is 238 Å². The van der Waals surface area contributed by atoms with Crippen molar-refractivity contribution in [3.63, 3.8) is 0 Å². The molecule has 0 radical (unpaired) electrons. The van der Waals surface area contributed by atoms with E-state index < -0.39 is 5.60 Å². The van der Waals surface area contributed by atoms with Crippen molar-refractivity contribution in [3.8, 4) is 0 Å². The molecule has 1 N–H and O–H groups in total. The molecule has 2 aliphatic heterocycles. The average molecular weight is 542 g/mol. The molecule has 4 bridgehead atoms. The molecule has 4 fully saturated rings. The van der Waals surface area contributed by atoms with E-state index in [9.17, 15) is 9.59 Å². The van der Waals surface area contributed by atoms with Crippen molar-refractivity contribution in [2.45, 2.75) is 82.4 Å². The SMILES string of the molecule is CC(C)(C)OC(=O)NCCCN1CCC23c4ccccc4CC1C21CCC2C3[C@@H](CN2C(=O)c2ccccc2)C1. The number of piperidine rings is 1. The van der Waals surface area contributed by atoms with Crippen LogP contribution in [0.15, 0.2) is 54.6 Å². The van der Waals surface area contributed by atoms with Gasteiger partial charge >= 0.3 is 6.09 Å². The molecule has 2 saturated heterocycles. The molecule has 0 spiro atoms. The molecular weight excluding hydrogens is 498 g/mol. The molecule has 0 aromatic heterocycles. The lowest BCUT2D eigenvalue weighted by molar-refractivity contribution is -0.101. The lowest BCUT2D eigenvalue weighted by Crippen LogP contribution is -2.69. The second kappa shape index (κ2) is 9.34. The summed E-state index contributed by atoms with van der Waals surface area (Å²) >= 11 is 0. The first-order valence-electron chi connectivity index (χ1n) is 15.4. The number of hydrogen-bond donors (Lipinski definition) is 1. The first kappa shape index (κ1) is 26.1. The summed E-state index contributed by atoms with van der Waals surface area (Å²) in [5, 5.41) is 2.96. The van der Waals surface area contributed by atoms with Crippen LogP contribution in [0, 0.1) is 17.3 Å². The van der Waals surface area contributed by atoms with Gasteiger partial charge in [-0.15, -0.1) is 0 Å². The Morgan fingerprint density at radius 3 is 2.62 bits per heavy atom. The number of rotatable bonds is 5. The Bertz CT molecular complexity index is 1310. The van der Waals surface area contributed by atoms with E-state index in [-0.39, 0.29) is 22.8 Å². The molecule has 2 aromatic rings. The van der Waals surface area contributed by atoms with E-state index in [0.29, 0.717) is 30.5 Å². The number of carbonyl (C=O) groups excluding carboxylic acids is 2. The molecule has 2 saturated carbocycles. The molecule has 6 heteroatoms. The molecule has 2 amide bonds. The number of ether oxygens (including phenoxy) is 1. The van der Waals surface area contributed by atoms with Crippen molar-refractivity contribution < 1.29 is 14.3 Å². The molecule has 6 atom stereocenters. The number of nitrogens with zero attached hydrogens (tertiary/aromatic N) is 2. The Kier molecular flexibility index (Phi) is 6.08. The number of likely N-dealkylation sites (tertiary alicyclic amines) is 2. The lowest BCUT2D eigenvalue weighted by Gasteiger charge is -2.66. The zero-order valence-corrected chi connectivity index (χ0v) is 24.2. The molecular formula is C34H43N3O3. The summed E-state index contributed by atoms with van der Waals surface area (Å²) in [5.41, 5.74) is 3.92. The fraction of sp³-hybridized carbons (Fsp3) is 0.588. The molecule has 212 valence electrons. The molecule has 6 nitrogen and oxygen atoms in total. The molecule has 2 heterocycles. The third kappa shape index (κ3) is 3.78. The highest BCUT2D eigenvalue weighted by Gasteiger charge is 2.76. The molecule has 5 aliphatic rings. The smallest absolute Gasteiger partial charge is 0.407 e. The second-order valence-corrected chi connectivity index (χ2v) is 14.0. The zero-order valence-electron chi connectivity index (χ0n) is 24.2. The zero-order chi connectivity index (χ0) is 27.7. The normalized spacial score (nSPS) is 33.7. The quantitative estimate of drug-likeness (QED) is 0.514. The van der Waals surface area contributed by atoms with Gasteiger partial charge in [-0.3, -0.25) is 9.69 Å². The summed E-state index contributed by atoms with van der Waals surface area (Å²) in [5.74, 6) is 1.34. The Morgan fingerprint density at radius 2 is 1.82 bits per heavy atom. The van der Waals surface area contributed by atoms with Crippen molar-refractivity contribution in [1.82, 2.24) is 15.1 Å². The third-order valence-electron chi connectivity index (χ3n) is 11.1. The van der Waals surface area contributed by atoms with Crippen LogP contribution in [0.3, 0.4) is 0 Å². The lowest BCUT2D eigenvalue weighted by atomic mass is 9.43. The minimum absolute atomic E-state index is 0.164. The van der Waals surface area contributed by atoms with Gasteiger partial charge in [0, 0.05) is 42.7 Å². The Hall–Kier alpha value is -2.86. The van der Waals surface area contributed by atoms with E-state index in [1.54, 1.807) is 5.56 Å². The van der Waals surface area contributed by atoms with Gasteiger partial charge in [-0.2, -0.15) is 0 Å². The third-order valence-corrected chi connectivity index (χ3v) is 11.1. The molecule has 5 unspecified atom stereocenters. The highest BCUT2D eigenvalue weighted by Crippen LogP contribution is 2.75. The fourth-order valence-corrected chi connectivity index (χ4v) is 10.1. The van der Waals surface area contributed by atoms with Crippen LogP contribution in [0.5, 0.6) is 0 Å². The van der Waals surface area contributed by atoms with E-state index in [0.717, 1.165) is 44.5 Å². The minimum Gasteiger partial charge on any atom is -0.444 e. The van der Waals surface area contributed by atoms with Crippen molar-refractivity contribution in [3.05, 3.63) is 71.3 Å². The molecule has 3 aliphatic carbocycles. The van der Waals surface area contributed by atoms with E-state index in [1.165, 1.54) is 24.8 Å². The first-order valence-corrected chi connectivity index (χ1v) is 15.4. The molecule has 40 heavy (non-hydrogen) atoms. The predicted molar refractivity (Wildman–Crippen MR) is 155 cm³/mol. The molecule has 2 aromatic carbocycles. The standard InChI is InChI=1S/C34H43N3O3/c1-32(2,3)40-31(39)35-17-9-18-36-19-16-34-26-13-8-7-12-24(26)20-28(36)33(34)15-14-27-29(34)25(21-33)22-37(27)30(38)23-10-5-4-6-11-23/h4-8,10-13,25,27-29H,9,14-22H2,1-3H3,(H,35,39)/t25-,27?,28?,29?,33?,34?/m1/s1. The first-order chi connectivity index (χ1) is 19.2. The van der Waals surface area contributed by atoms with E-state index >= 15 is 0 Å². The number of alkyl carbamates (subject to hydrolysis) is 1. The number of hydrogen-bond acceptors (Lipinski definition) is 4. The van der Waals surface area contributed by atoms with E-state index in [1.807, 2.05) is 51.1 Å². The van der Waals surface area contributed by atoms with Crippen LogP contribution in [0.1, 0.15) is 74.4 Å². The summed E-state index contributed by atoms with van der Waals surface area (Å²) in [4.78, 5) is 30.9. The summed E-state index contributed by atoms with van der Waals surface area (Å²) in [6.07, 6.45) is 6.45. The number of carbonyl (C=O) groups is 2. The summed E-state index contributed by atoms with van der Waals surface area (Å²) in [6, 6.07) is 20.0. The van der Waals surface area contributed by atoms with Crippen LogP contribution in [0.25, 0.3) is 0 Å². The van der Waals surface area contributed by atoms with Crippen LogP contribution in [-0.4, -0.2) is 65.7 Å². The van der Waals surface area contributed by atoms with Gasteiger partial charge in [-0.05, 0) is 106 Å². The van der Waals surface area contributed by atoms with Crippen molar-refractivity contribution >= 4 is 12.0 Å².